The van der Waals surface area contributed by atoms with E-state index in [0.717, 1.165) is 10.6 Å². The monoisotopic (exact) mass is 253 g/mol. The van der Waals surface area contributed by atoms with E-state index in [0.29, 0.717) is 5.92 Å². The van der Waals surface area contributed by atoms with Gasteiger partial charge in [0, 0.05) is 11.1 Å². The Kier molecular flexibility index (Phi) is 5.48. The van der Waals surface area contributed by atoms with Gasteiger partial charge in [-0.25, -0.2) is 0 Å². The lowest BCUT2D eigenvalue weighted by Crippen LogP contribution is -2.19. The van der Waals surface area contributed by atoms with E-state index < -0.39 is 0 Å². The first-order chi connectivity index (χ1) is 7.97. The fourth-order valence-electron chi connectivity index (χ4n) is 2.07. The fourth-order valence-corrected chi connectivity index (χ4v) is 2.42. The topological polar surface area (TPSA) is 26.0 Å². The average molecular weight is 254 g/mol. The summed E-state index contributed by atoms with van der Waals surface area (Å²) >= 11 is 6.29. The molecular weight excluding hydrogens is 230 g/mol. The number of aryl methyl sites for hydroxylation is 2. The molecule has 96 valence electrons. The van der Waals surface area contributed by atoms with Crippen LogP contribution >= 0.6 is 11.6 Å². The molecule has 0 saturated heterocycles. The van der Waals surface area contributed by atoms with Crippen LogP contribution in [0.1, 0.15) is 55.8 Å². The Morgan fingerprint density at radius 1 is 1.24 bits per heavy atom. The molecule has 0 heterocycles. The van der Waals surface area contributed by atoms with Crippen LogP contribution in [-0.4, -0.2) is 0 Å². The molecule has 0 amide bonds. The van der Waals surface area contributed by atoms with Gasteiger partial charge in [0.1, 0.15) is 0 Å². The maximum absolute atomic E-state index is 6.31. The second-order valence-corrected chi connectivity index (χ2v) is 5.51. The van der Waals surface area contributed by atoms with Crippen molar-refractivity contribution in [3.05, 3.63) is 33.8 Å². The van der Waals surface area contributed by atoms with E-state index >= 15 is 0 Å². The number of hydrogen-bond acceptors (Lipinski definition) is 1. The molecule has 0 aliphatic rings. The van der Waals surface area contributed by atoms with E-state index in [4.69, 9.17) is 17.3 Å². The van der Waals surface area contributed by atoms with E-state index in [1.807, 2.05) is 6.07 Å². The van der Waals surface area contributed by atoms with Crippen LogP contribution in [-0.2, 0) is 0 Å². The quantitative estimate of drug-likeness (QED) is 0.803. The summed E-state index contributed by atoms with van der Waals surface area (Å²) < 4.78 is 0. The van der Waals surface area contributed by atoms with Gasteiger partial charge in [0.15, 0.2) is 0 Å². The van der Waals surface area contributed by atoms with E-state index in [9.17, 15) is 0 Å². The van der Waals surface area contributed by atoms with Crippen LogP contribution in [0, 0.1) is 19.8 Å². The maximum Gasteiger partial charge on any atom is 0.0456 e. The summed E-state index contributed by atoms with van der Waals surface area (Å²) in [7, 11) is 0. The molecule has 1 rings (SSSR count). The molecule has 0 radical (unpaired) electrons. The minimum atomic E-state index is 0.0494. The van der Waals surface area contributed by atoms with Gasteiger partial charge in [-0.2, -0.15) is 0 Å². The first-order valence-corrected chi connectivity index (χ1v) is 6.87. The standard InChI is InChI=1S/C15H24ClN/c1-5-6-7-10(2)15(17)13-8-11(3)12(4)9-14(13)16/h8-10,15H,5-7,17H2,1-4H3. The maximum atomic E-state index is 6.31. The predicted octanol–water partition coefficient (Wildman–Crippen LogP) is 4.78. The van der Waals surface area contributed by atoms with Crippen LogP contribution in [0.15, 0.2) is 12.1 Å². The van der Waals surface area contributed by atoms with Crippen molar-refractivity contribution < 1.29 is 0 Å². The lowest BCUT2D eigenvalue weighted by atomic mass is 9.89. The van der Waals surface area contributed by atoms with Crippen molar-refractivity contribution in [2.45, 2.75) is 53.0 Å². The van der Waals surface area contributed by atoms with Gasteiger partial charge in [0.05, 0.1) is 0 Å². The van der Waals surface area contributed by atoms with E-state index in [1.165, 1.54) is 30.4 Å². The number of rotatable bonds is 5. The molecular formula is C15H24ClN. The second kappa shape index (κ2) is 6.42. The summed E-state index contributed by atoms with van der Waals surface area (Å²) in [6.07, 6.45) is 3.62. The van der Waals surface area contributed by atoms with Gasteiger partial charge in [0.2, 0.25) is 0 Å². The van der Waals surface area contributed by atoms with E-state index in [1.54, 1.807) is 0 Å². The van der Waals surface area contributed by atoms with Crippen molar-refractivity contribution in [3.63, 3.8) is 0 Å². The Bertz CT molecular complexity index is 373. The highest BCUT2D eigenvalue weighted by atomic mass is 35.5. The highest BCUT2D eigenvalue weighted by Crippen LogP contribution is 2.31. The van der Waals surface area contributed by atoms with Crippen molar-refractivity contribution in [3.8, 4) is 0 Å². The molecule has 0 spiro atoms. The molecule has 0 aromatic heterocycles. The van der Waals surface area contributed by atoms with Gasteiger partial charge >= 0.3 is 0 Å². The van der Waals surface area contributed by atoms with Crippen LogP contribution < -0.4 is 5.73 Å². The lowest BCUT2D eigenvalue weighted by molar-refractivity contribution is 0.423. The Morgan fingerprint density at radius 2 is 1.82 bits per heavy atom. The molecule has 2 unspecified atom stereocenters. The van der Waals surface area contributed by atoms with Crippen LogP contribution in [0.3, 0.4) is 0 Å². The summed E-state index contributed by atoms with van der Waals surface area (Å²) in [5.74, 6) is 0.481. The van der Waals surface area contributed by atoms with Crippen LogP contribution in [0.5, 0.6) is 0 Å². The fraction of sp³-hybridized carbons (Fsp3) is 0.600. The van der Waals surface area contributed by atoms with E-state index in [-0.39, 0.29) is 6.04 Å². The first-order valence-electron chi connectivity index (χ1n) is 6.49. The smallest absolute Gasteiger partial charge is 0.0456 e. The molecule has 2 heteroatoms. The van der Waals surface area contributed by atoms with Crippen LogP contribution in [0.4, 0.5) is 0 Å². The third-order valence-corrected chi connectivity index (χ3v) is 3.93. The predicted molar refractivity (Wildman–Crippen MR) is 76.5 cm³/mol. The number of benzene rings is 1. The number of nitrogens with two attached hydrogens (primary N) is 1. The van der Waals surface area contributed by atoms with Gasteiger partial charge in [-0.05, 0) is 48.9 Å². The van der Waals surface area contributed by atoms with Crippen LogP contribution in [0.25, 0.3) is 0 Å². The third kappa shape index (κ3) is 3.72. The molecule has 2 atom stereocenters. The summed E-state index contributed by atoms with van der Waals surface area (Å²) in [5.41, 5.74) is 9.91. The van der Waals surface area contributed by atoms with Crippen molar-refractivity contribution in [1.29, 1.82) is 0 Å². The molecule has 1 nitrogen and oxygen atoms in total. The summed E-state index contributed by atoms with van der Waals surface area (Å²) in [6.45, 7) is 8.61. The number of hydrogen-bond donors (Lipinski definition) is 1. The van der Waals surface area contributed by atoms with Crippen molar-refractivity contribution >= 4 is 11.6 Å². The molecule has 0 aliphatic heterocycles. The zero-order valence-electron chi connectivity index (χ0n) is 11.4. The molecule has 0 fully saturated rings. The first kappa shape index (κ1) is 14.5. The van der Waals surface area contributed by atoms with Crippen LogP contribution in [0.2, 0.25) is 5.02 Å². The molecule has 0 saturated carbocycles. The van der Waals surface area contributed by atoms with E-state index in [2.05, 4.69) is 33.8 Å². The number of unbranched alkanes of at least 4 members (excludes halogenated alkanes) is 1. The minimum absolute atomic E-state index is 0.0494. The van der Waals surface area contributed by atoms with Crippen molar-refractivity contribution in [1.82, 2.24) is 0 Å². The highest BCUT2D eigenvalue weighted by molar-refractivity contribution is 6.31. The molecule has 2 N–H and O–H groups in total. The lowest BCUT2D eigenvalue weighted by Gasteiger charge is -2.22. The molecule has 1 aromatic carbocycles. The van der Waals surface area contributed by atoms with Gasteiger partial charge < -0.3 is 5.73 Å². The Labute approximate surface area is 110 Å². The molecule has 0 aliphatic carbocycles. The molecule has 1 aromatic rings. The van der Waals surface area contributed by atoms with Gasteiger partial charge in [-0.3, -0.25) is 0 Å². The largest absolute Gasteiger partial charge is 0.324 e. The summed E-state index contributed by atoms with van der Waals surface area (Å²) in [5, 5.41) is 0.809. The average Bonchev–Trinajstić information content (AvgIpc) is 2.29. The summed E-state index contributed by atoms with van der Waals surface area (Å²) in [4.78, 5) is 0. The van der Waals surface area contributed by atoms with Crippen molar-refractivity contribution in [2.75, 3.05) is 0 Å². The van der Waals surface area contributed by atoms with Gasteiger partial charge in [0.25, 0.3) is 0 Å². The second-order valence-electron chi connectivity index (χ2n) is 5.10. The highest BCUT2D eigenvalue weighted by Gasteiger charge is 2.17. The SMILES string of the molecule is CCCCC(C)C(N)c1cc(C)c(C)cc1Cl. The van der Waals surface area contributed by atoms with Gasteiger partial charge in [-0.1, -0.05) is 44.4 Å². The molecule has 17 heavy (non-hydrogen) atoms. The zero-order chi connectivity index (χ0) is 13.0. The summed E-state index contributed by atoms with van der Waals surface area (Å²) in [6, 6.07) is 4.22. The van der Waals surface area contributed by atoms with Crippen molar-refractivity contribution in [2.24, 2.45) is 11.7 Å². The molecule has 0 bridgehead atoms. The zero-order valence-corrected chi connectivity index (χ0v) is 12.1. The normalized spacial score (nSPS) is 14.7. The third-order valence-electron chi connectivity index (χ3n) is 3.60. The van der Waals surface area contributed by atoms with Gasteiger partial charge in [-0.15, -0.1) is 0 Å². The Morgan fingerprint density at radius 3 is 2.41 bits per heavy atom. The minimum Gasteiger partial charge on any atom is -0.324 e. The number of halogens is 1. The Hall–Kier alpha value is -0.530. The Balaban J connectivity index is 2.88.